The molecular weight excluding hydrogens is 366 g/mol. The number of nitrogens with zero attached hydrogens (tertiary/aromatic N) is 2. The van der Waals surface area contributed by atoms with Gasteiger partial charge in [0.2, 0.25) is 5.91 Å². The maximum absolute atomic E-state index is 12.6. The Morgan fingerprint density at radius 1 is 1.22 bits per heavy atom. The summed E-state index contributed by atoms with van der Waals surface area (Å²) in [5.41, 5.74) is 1.31. The number of benzene rings is 1. The molecule has 1 fully saturated rings. The summed E-state index contributed by atoms with van der Waals surface area (Å²) in [5.74, 6) is 0.914. The number of hydrogen-bond acceptors (Lipinski definition) is 4. The van der Waals surface area contributed by atoms with E-state index < -0.39 is 0 Å². The van der Waals surface area contributed by atoms with Crippen LogP contribution in [0.15, 0.2) is 42.7 Å². The highest BCUT2D eigenvalue weighted by molar-refractivity contribution is 6.31. The average Bonchev–Trinajstić information content (AvgIpc) is 2.67. The molecule has 0 aliphatic carbocycles. The Kier molecular flexibility index (Phi) is 6.29. The van der Waals surface area contributed by atoms with E-state index >= 15 is 0 Å². The number of anilines is 1. The van der Waals surface area contributed by atoms with E-state index in [0.29, 0.717) is 47.6 Å². The van der Waals surface area contributed by atoms with Crippen molar-refractivity contribution in [3.05, 3.63) is 53.3 Å². The molecular formula is C20H22ClN3O3. The van der Waals surface area contributed by atoms with Gasteiger partial charge in [-0.2, -0.15) is 0 Å². The second-order valence-corrected chi connectivity index (χ2v) is 7.02. The highest BCUT2D eigenvalue weighted by Crippen LogP contribution is 2.25. The van der Waals surface area contributed by atoms with Crippen LogP contribution in [0.4, 0.5) is 5.69 Å². The molecule has 0 unspecified atom stereocenters. The molecule has 142 valence electrons. The number of amides is 2. The number of pyridine rings is 1. The minimum absolute atomic E-state index is 0.0147. The number of carbonyl (C=O) groups is 2. The lowest BCUT2D eigenvalue weighted by Crippen LogP contribution is -2.39. The third-order valence-electron chi connectivity index (χ3n) is 4.56. The molecule has 0 spiro atoms. The number of nitrogens with one attached hydrogen (secondary N) is 1. The van der Waals surface area contributed by atoms with E-state index in [4.69, 9.17) is 16.3 Å². The highest BCUT2D eigenvalue weighted by atomic mass is 35.5. The van der Waals surface area contributed by atoms with Crippen LogP contribution < -0.4 is 10.1 Å². The first-order chi connectivity index (χ1) is 13.0. The van der Waals surface area contributed by atoms with Crippen LogP contribution in [0, 0.1) is 5.92 Å². The monoisotopic (exact) mass is 387 g/mol. The number of hydrogen-bond donors (Lipinski definition) is 1. The summed E-state index contributed by atoms with van der Waals surface area (Å²) in [4.78, 5) is 29.5. The normalized spacial score (nSPS) is 14.7. The minimum atomic E-state index is -0.133. The first kappa shape index (κ1) is 19.2. The van der Waals surface area contributed by atoms with E-state index in [-0.39, 0.29) is 11.8 Å². The summed E-state index contributed by atoms with van der Waals surface area (Å²) in [6.45, 7) is 3.43. The van der Waals surface area contributed by atoms with Crippen LogP contribution in [0.5, 0.6) is 5.75 Å². The van der Waals surface area contributed by atoms with Crippen LogP contribution >= 0.6 is 11.6 Å². The number of carbonyl (C=O) groups excluding carboxylic acids is 2. The zero-order valence-electron chi connectivity index (χ0n) is 15.2. The molecule has 0 atom stereocenters. The molecule has 6 nitrogen and oxygen atoms in total. The smallest absolute Gasteiger partial charge is 0.253 e. The van der Waals surface area contributed by atoms with Crippen LogP contribution in [-0.2, 0) is 4.79 Å². The van der Waals surface area contributed by atoms with Gasteiger partial charge in [0.25, 0.3) is 5.91 Å². The Labute approximate surface area is 163 Å². The van der Waals surface area contributed by atoms with Crippen molar-refractivity contribution in [2.75, 3.05) is 25.0 Å². The SMILES string of the molecule is CC(=O)Nc1ccc(C(=O)N2CCC(COc3ccncc3Cl)CC2)cc1. The molecule has 2 aromatic rings. The summed E-state index contributed by atoms with van der Waals surface area (Å²) >= 11 is 6.05. The van der Waals surface area contributed by atoms with Gasteiger partial charge in [0.05, 0.1) is 6.61 Å². The molecule has 1 aliphatic rings. The summed E-state index contributed by atoms with van der Waals surface area (Å²) in [5, 5.41) is 3.20. The van der Waals surface area contributed by atoms with E-state index in [1.165, 1.54) is 6.92 Å². The van der Waals surface area contributed by atoms with Crippen LogP contribution in [0.3, 0.4) is 0 Å². The third kappa shape index (κ3) is 5.20. The third-order valence-corrected chi connectivity index (χ3v) is 4.85. The van der Waals surface area contributed by atoms with Crippen molar-refractivity contribution < 1.29 is 14.3 Å². The van der Waals surface area contributed by atoms with Gasteiger partial charge in [0.1, 0.15) is 10.8 Å². The second-order valence-electron chi connectivity index (χ2n) is 6.61. The lowest BCUT2D eigenvalue weighted by molar-refractivity contribution is -0.114. The molecule has 0 saturated carbocycles. The van der Waals surface area contributed by atoms with Crippen LogP contribution in [0.25, 0.3) is 0 Å². The maximum Gasteiger partial charge on any atom is 0.253 e. The molecule has 0 radical (unpaired) electrons. The fraction of sp³-hybridized carbons (Fsp3) is 0.350. The Morgan fingerprint density at radius 3 is 2.56 bits per heavy atom. The van der Waals surface area contributed by atoms with Gasteiger partial charge >= 0.3 is 0 Å². The van der Waals surface area contributed by atoms with E-state index in [0.717, 1.165) is 12.8 Å². The molecule has 7 heteroatoms. The number of halogens is 1. The van der Waals surface area contributed by atoms with Gasteiger partial charge in [0, 0.05) is 49.7 Å². The largest absolute Gasteiger partial charge is 0.492 e. The van der Waals surface area contributed by atoms with E-state index in [1.807, 2.05) is 4.90 Å². The van der Waals surface area contributed by atoms with Crippen LogP contribution in [0.1, 0.15) is 30.1 Å². The Bertz CT molecular complexity index is 802. The van der Waals surface area contributed by atoms with Crippen molar-refractivity contribution in [1.29, 1.82) is 0 Å². The summed E-state index contributed by atoms with van der Waals surface area (Å²) in [6.07, 6.45) is 4.99. The van der Waals surface area contributed by atoms with Crippen molar-refractivity contribution in [3.63, 3.8) is 0 Å². The van der Waals surface area contributed by atoms with Gasteiger partial charge in [-0.1, -0.05) is 11.6 Å². The predicted molar refractivity (Wildman–Crippen MR) is 104 cm³/mol. The number of piperidine rings is 1. The average molecular weight is 388 g/mol. The summed E-state index contributed by atoms with van der Waals surface area (Å²) in [7, 11) is 0. The number of likely N-dealkylation sites (tertiary alicyclic amines) is 1. The quantitative estimate of drug-likeness (QED) is 0.850. The van der Waals surface area contributed by atoms with Gasteiger partial charge in [-0.25, -0.2) is 0 Å². The van der Waals surface area contributed by atoms with Gasteiger partial charge in [-0.3, -0.25) is 14.6 Å². The molecule has 3 rings (SSSR count). The molecule has 1 saturated heterocycles. The van der Waals surface area contributed by atoms with Crippen LogP contribution in [-0.4, -0.2) is 41.4 Å². The van der Waals surface area contributed by atoms with Gasteiger partial charge in [-0.15, -0.1) is 0 Å². The van der Waals surface area contributed by atoms with Crippen molar-refractivity contribution >= 4 is 29.1 Å². The van der Waals surface area contributed by atoms with Crippen LogP contribution in [0.2, 0.25) is 5.02 Å². The zero-order valence-corrected chi connectivity index (χ0v) is 15.9. The van der Waals surface area contributed by atoms with E-state index in [1.54, 1.807) is 42.7 Å². The molecule has 1 aromatic heterocycles. The maximum atomic E-state index is 12.6. The number of rotatable bonds is 5. The Hall–Kier alpha value is -2.60. The van der Waals surface area contributed by atoms with E-state index in [9.17, 15) is 9.59 Å². The van der Waals surface area contributed by atoms with Gasteiger partial charge in [0.15, 0.2) is 0 Å². The fourth-order valence-electron chi connectivity index (χ4n) is 3.07. The lowest BCUT2D eigenvalue weighted by atomic mass is 9.97. The molecule has 27 heavy (non-hydrogen) atoms. The van der Waals surface area contributed by atoms with Gasteiger partial charge < -0.3 is 15.0 Å². The number of ether oxygens (including phenoxy) is 1. The Morgan fingerprint density at radius 2 is 1.93 bits per heavy atom. The fourth-order valence-corrected chi connectivity index (χ4v) is 3.25. The molecule has 2 amide bonds. The molecule has 1 N–H and O–H groups in total. The van der Waals surface area contributed by atoms with Crippen molar-refractivity contribution in [2.45, 2.75) is 19.8 Å². The molecule has 1 aliphatic heterocycles. The minimum Gasteiger partial charge on any atom is -0.492 e. The highest BCUT2D eigenvalue weighted by Gasteiger charge is 2.24. The lowest BCUT2D eigenvalue weighted by Gasteiger charge is -2.32. The second kappa shape index (κ2) is 8.86. The Balaban J connectivity index is 1.49. The molecule has 1 aromatic carbocycles. The zero-order chi connectivity index (χ0) is 19.2. The topological polar surface area (TPSA) is 71.5 Å². The van der Waals surface area contributed by atoms with Crippen molar-refractivity contribution in [2.24, 2.45) is 5.92 Å². The van der Waals surface area contributed by atoms with Crippen molar-refractivity contribution in [3.8, 4) is 5.75 Å². The van der Waals surface area contributed by atoms with Crippen molar-refractivity contribution in [1.82, 2.24) is 9.88 Å². The van der Waals surface area contributed by atoms with E-state index in [2.05, 4.69) is 10.3 Å². The summed E-state index contributed by atoms with van der Waals surface area (Å²) < 4.78 is 5.79. The molecule has 0 bridgehead atoms. The standard InChI is InChI=1S/C20H22ClN3O3/c1-14(25)23-17-4-2-16(3-5-17)20(26)24-10-7-15(8-11-24)13-27-19-6-9-22-12-18(19)21/h2-6,9,12,15H,7-8,10-11,13H2,1H3,(H,23,25). The summed E-state index contributed by atoms with van der Waals surface area (Å²) in [6, 6.07) is 8.73. The van der Waals surface area contributed by atoms with Gasteiger partial charge in [-0.05, 0) is 43.0 Å². The number of aromatic nitrogens is 1. The predicted octanol–water partition coefficient (Wildman–Crippen LogP) is 3.62. The molecule has 2 heterocycles. The first-order valence-electron chi connectivity index (χ1n) is 8.92. The first-order valence-corrected chi connectivity index (χ1v) is 9.30.